The van der Waals surface area contributed by atoms with Crippen molar-refractivity contribution in [2.75, 3.05) is 23.8 Å². The molecule has 0 radical (unpaired) electrons. The van der Waals surface area contributed by atoms with Crippen LogP contribution in [0, 0.1) is 0 Å². The van der Waals surface area contributed by atoms with Gasteiger partial charge in [-0.1, -0.05) is 11.6 Å². The zero-order chi connectivity index (χ0) is 31.0. The SMILES string of the molecule is CC1(C)N=C(N)N=C(N)N1c1ccc(OCCCCNC(=O)c2ccc(S(=O)(=O)F)cc2)c(Cl)c1.CCS(=O)(=O)O. The number of hydrogen-bond acceptors (Lipinski definition) is 11. The maximum Gasteiger partial charge on any atom is 0.332 e. The lowest BCUT2D eigenvalue weighted by Crippen LogP contribution is -2.54. The number of aliphatic imine (C=N–C) groups is 2. The number of carbonyl (C=O) groups excluding carboxylic acids is 1. The van der Waals surface area contributed by atoms with E-state index in [4.69, 9.17) is 32.4 Å². The fraction of sp³-hybridized carbons (Fsp3) is 0.375. The summed E-state index contributed by atoms with van der Waals surface area (Å²) in [4.78, 5) is 21.7. The molecule has 2 aromatic carbocycles. The average molecular weight is 635 g/mol. The summed E-state index contributed by atoms with van der Waals surface area (Å²) in [6, 6.07) is 9.82. The number of guanidine groups is 2. The Morgan fingerprint density at radius 3 is 2.24 bits per heavy atom. The van der Waals surface area contributed by atoms with Crippen molar-refractivity contribution in [2.45, 2.75) is 44.2 Å². The minimum Gasteiger partial charge on any atom is -0.492 e. The number of halogens is 2. The van der Waals surface area contributed by atoms with Crippen molar-refractivity contribution in [1.29, 1.82) is 0 Å². The molecule has 0 saturated carbocycles. The summed E-state index contributed by atoms with van der Waals surface area (Å²) >= 11 is 6.40. The van der Waals surface area contributed by atoms with E-state index in [-0.39, 0.29) is 29.1 Å². The Bertz CT molecular complexity index is 1520. The number of nitrogens with two attached hydrogens (primary N) is 2. The highest BCUT2D eigenvalue weighted by molar-refractivity contribution is 7.86. The van der Waals surface area contributed by atoms with Gasteiger partial charge >= 0.3 is 10.2 Å². The third kappa shape index (κ3) is 10.5. The number of benzene rings is 2. The molecule has 0 aliphatic carbocycles. The van der Waals surface area contributed by atoms with Gasteiger partial charge < -0.3 is 21.5 Å². The Morgan fingerprint density at radius 1 is 1.12 bits per heavy atom. The van der Waals surface area contributed by atoms with Crippen LogP contribution < -0.4 is 26.4 Å². The van der Waals surface area contributed by atoms with E-state index in [0.29, 0.717) is 42.5 Å². The fourth-order valence-corrected chi connectivity index (χ4v) is 4.17. The van der Waals surface area contributed by atoms with Crippen molar-refractivity contribution in [3.63, 3.8) is 0 Å². The number of amides is 1. The second-order valence-corrected chi connectivity index (χ2v) is 12.5. The van der Waals surface area contributed by atoms with Crippen LogP contribution in [0.25, 0.3) is 0 Å². The van der Waals surface area contributed by atoms with Gasteiger partial charge in [-0.05, 0) is 76.1 Å². The van der Waals surface area contributed by atoms with E-state index in [2.05, 4.69) is 15.3 Å². The Kier molecular flexibility index (Phi) is 11.5. The molecule has 0 saturated heterocycles. The zero-order valence-corrected chi connectivity index (χ0v) is 24.9. The number of carbonyl (C=O) groups is 1. The molecule has 1 amide bonds. The Labute approximate surface area is 243 Å². The average Bonchev–Trinajstić information content (AvgIpc) is 2.85. The molecule has 0 fully saturated rings. The van der Waals surface area contributed by atoms with Crippen LogP contribution in [0.15, 0.2) is 57.3 Å². The standard InChI is InChI=1S/C22H26ClFN6O4S.C2H6O3S/c1-22(2)29-20(25)28-21(26)30(22)15-7-10-18(17(23)13-15)34-12-4-3-11-27-19(31)14-5-8-16(9-6-14)35(24,32)33;1-2-6(3,4)5/h5-10,13H,3-4,11-12H2,1-2H3,(H,27,31)(H4,25,26,28,29);2H2,1H3,(H,3,4,5). The zero-order valence-electron chi connectivity index (χ0n) is 22.5. The summed E-state index contributed by atoms with van der Waals surface area (Å²) in [7, 11) is -8.46. The van der Waals surface area contributed by atoms with Gasteiger partial charge in [-0.3, -0.25) is 14.2 Å². The molecule has 3 rings (SSSR count). The number of nitrogens with one attached hydrogen (secondary N) is 1. The van der Waals surface area contributed by atoms with Crippen LogP contribution in [0.2, 0.25) is 5.02 Å². The van der Waals surface area contributed by atoms with Crippen LogP contribution in [0.1, 0.15) is 44.0 Å². The lowest BCUT2D eigenvalue weighted by atomic mass is 10.1. The van der Waals surface area contributed by atoms with Gasteiger partial charge in [-0.25, -0.2) is 4.99 Å². The normalized spacial score (nSPS) is 14.7. The van der Waals surface area contributed by atoms with E-state index in [9.17, 15) is 25.5 Å². The molecule has 17 heteroatoms. The second kappa shape index (κ2) is 13.9. The molecule has 13 nitrogen and oxygen atoms in total. The predicted octanol–water partition coefficient (Wildman–Crippen LogP) is 2.67. The lowest BCUT2D eigenvalue weighted by molar-refractivity contribution is 0.0952. The number of rotatable bonds is 10. The third-order valence-electron chi connectivity index (χ3n) is 5.44. The molecule has 41 heavy (non-hydrogen) atoms. The van der Waals surface area contributed by atoms with Crippen LogP contribution in [-0.2, 0) is 20.3 Å². The number of unbranched alkanes of at least 4 members (excludes halogenated alkanes) is 1. The highest BCUT2D eigenvalue weighted by Crippen LogP contribution is 2.33. The number of anilines is 1. The number of ether oxygens (including phenoxy) is 1. The monoisotopic (exact) mass is 634 g/mol. The van der Waals surface area contributed by atoms with Crippen LogP contribution in [-0.4, -0.2) is 63.8 Å². The van der Waals surface area contributed by atoms with E-state index in [0.717, 1.165) is 12.1 Å². The van der Waals surface area contributed by atoms with Gasteiger partial charge in [0.25, 0.3) is 16.0 Å². The summed E-state index contributed by atoms with van der Waals surface area (Å²) in [5, 5.41) is 3.10. The van der Waals surface area contributed by atoms with E-state index in [1.165, 1.54) is 19.1 Å². The number of hydrogen-bond donors (Lipinski definition) is 4. The quantitative estimate of drug-likeness (QED) is 0.171. The van der Waals surface area contributed by atoms with Gasteiger partial charge in [0, 0.05) is 17.8 Å². The first-order valence-corrected chi connectivity index (χ1v) is 15.5. The molecule has 0 unspecified atom stereocenters. The van der Waals surface area contributed by atoms with Gasteiger partial charge in [-0.15, -0.1) is 3.89 Å². The van der Waals surface area contributed by atoms with E-state index in [1.54, 1.807) is 23.1 Å². The minimum absolute atomic E-state index is 0.108. The Balaban J connectivity index is 0.000000883. The highest BCUT2D eigenvalue weighted by atomic mass is 35.5. The molecule has 2 aromatic rings. The molecule has 1 aliphatic rings. The van der Waals surface area contributed by atoms with Crippen molar-refractivity contribution >= 4 is 55.5 Å². The first-order chi connectivity index (χ1) is 18.9. The van der Waals surface area contributed by atoms with Crippen LogP contribution >= 0.6 is 11.6 Å². The van der Waals surface area contributed by atoms with Crippen molar-refractivity contribution in [1.82, 2.24) is 5.32 Å². The molecule has 0 aromatic heterocycles. The van der Waals surface area contributed by atoms with Gasteiger partial charge in [0.2, 0.25) is 11.9 Å². The Hall–Kier alpha value is -3.47. The summed E-state index contributed by atoms with van der Waals surface area (Å²) < 4.78 is 67.3. The summed E-state index contributed by atoms with van der Waals surface area (Å²) in [5.74, 6) is 0.221. The number of nitrogens with zero attached hydrogens (tertiary/aromatic N) is 3. The van der Waals surface area contributed by atoms with Crippen molar-refractivity contribution < 1.29 is 34.8 Å². The first kappa shape index (κ1) is 33.7. The molecule has 0 bridgehead atoms. The van der Waals surface area contributed by atoms with Crippen LogP contribution in [0.3, 0.4) is 0 Å². The van der Waals surface area contributed by atoms with Crippen LogP contribution in [0.5, 0.6) is 5.75 Å². The van der Waals surface area contributed by atoms with Crippen molar-refractivity contribution in [2.24, 2.45) is 21.5 Å². The Morgan fingerprint density at radius 2 is 1.73 bits per heavy atom. The lowest BCUT2D eigenvalue weighted by Gasteiger charge is -2.38. The maximum absolute atomic E-state index is 12.9. The third-order valence-corrected chi connectivity index (χ3v) is 7.30. The van der Waals surface area contributed by atoms with Gasteiger partial charge in [-0.2, -0.15) is 21.8 Å². The molecule has 0 spiro atoms. The van der Waals surface area contributed by atoms with E-state index in [1.807, 2.05) is 13.8 Å². The summed E-state index contributed by atoms with van der Waals surface area (Å²) in [5.41, 5.74) is 11.9. The first-order valence-electron chi connectivity index (χ1n) is 12.1. The minimum atomic E-state index is -4.79. The molecule has 6 N–H and O–H groups in total. The van der Waals surface area contributed by atoms with Crippen molar-refractivity contribution in [3.8, 4) is 5.75 Å². The summed E-state index contributed by atoms with van der Waals surface area (Å²) in [6.45, 7) is 5.82. The highest BCUT2D eigenvalue weighted by Gasteiger charge is 2.33. The van der Waals surface area contributed by atoms with Gasteiger partial charge in [0.15, 0.2) is 0 Å². The second-order valence-electron chi connectivity index (χ2n) is 9.03. The van der Waals surface area contributed by atoms with Crippen LogP contribution in [0.4, 0.5) is 9.57 Å². The molecular weight excluding hydrogens is 603 g/mol. The predicted molar refractivity (Wildman–Crippen MR) is 155 cm³/mol. The molecule has 1 heterocycles. The van der Waals surface area contributed by atoms with E-state index >= 15 is 0 Å². The van der Waals surface area contributed by atoms with E-state index < -0.39 is 30.9 Å². The fourth-order valence-electron chi connectivity index (χ4n) is 3.48. The van der Waals surface area contributed by atoms with Crippen molar-refractivity contribution in [3.05, 3.63) is 53.1 Å². The van der Waals surface area contributed by atoms with Gasteiger partial charge in [0.1, 0.15) is 11.4 Å². The molecular formula is C24H32ClFN6O7S2. The smallest absolute Gasteiger partial charge is 0.332 e. The summed E-state index contributed by atoms with van der Waals surface area (Å²) in [6.07, 6.45) is 1.27. The topological polar surface area (TPSA) is 207 Å². The molecule has 1 aliphatic heterocycles. The molecule has 0 atom stereocenters. The maximum atomic E-state index is 12.9. The molecule has 226 valence electrons. The largest absolute Gasteiger partial charge is 0.492 e. The van der Waals surface area contributed by atoms with Gasteiger partial charge in [0.05, 0.1) is 22.3 Å².